The quantitative estimate of drug-likeness (QED) is 0.308. The molecule has 0 aromatic carbocycles. The summed E-state index contributed by atoms with van der Waals surface area (Å²) in [6.45, 7) is -0.250. The van der Waals surface area contributed by atoms with E-state index in [1.165, 1.54) is 50.6 Å². The Labute approximate surface area is 161 Å². The highest BCUT2D eigenvalue weighted by molar-refractivity contribution is 6.08. The first-order valence-corrected chi connectivity index (χ1v) is 9.29. The minimum absolute atomic E-state index is 0.250. The lowest BCUT2D eigenvalue weighted by atomic mass is 9.68. The van der Waals surface area contributed by atoms with Crippen LogP contribution in [-0.4, -0.2) is 33.4 Å². The average Bonchev–Trinajstić information content (AvgIpc) is 3.12. The maximum atomic E-state index is 13.5. The van der Waals surface area contributed by atoms with Gasteiger partial charge in [-0.25, -0.2) is 14.4 Å². The number of nitrogens with one attached hydrogen (secondary N) is 2. The molecule has 1 unspecified atom stereocenters. The number of hydrogen-bond acceptors (Lipinski definition) is 5. The van der Waals surface area contributed by atoms with Crippen LogP contribution in [0.5, 0.6) is 0 Å². The number of nitrogens with two attached hydrogens (primary N) is 2. The van der Waals surface area contributed by atoms with Crippen molar-refractivity contribution >= 4 is 23.3 Å². The zero-order valence-corrected chi connectivity index (χ0v) is 15.4. The van der Waals surface area contributed by atoms with Gasteiger partial charge in [0, 0.05) is 29.4 Å². The maximum Gasteiger partial charge on any atom is 0.290 e. The molecule has 150 valence electrons. The largest absolute Gasteiger partial charge is 0.483 e. The van der Waals surface area contributed by atoms with Gasteiger partial charge in [0.25, 0.3) is 6.47 Å². The van der Waals surface area contributed by atoms with Crippen molar-refractivity contribution in [3.63, 3.8) is 0 Å². The maximum absolute atomic E-state index is 13.5. The number of amidine groups is 1. The van der Waals surface area contributed by atoms with Crippen molar-refractivity contribution < 1.29 is 14.3 Å². The zero-order chi connectivity index (χ0) is 20.1. The van der Waals surface area contributed by atoms with Crippen LogP contribution in [0.25, 0.3) is 11.0 Å². The van der Waals surface area contributed by atoms with Gasteiger partial charge in [-0.05, 0) is 37.2 Å². The van der Waals surface area contributed by atoms with Crippen LogP contribution < -0.4 is 16.8 Å². The smallest absolute Gasteiger partial charge is 0.290 e. The van der Waals surface area contributed by atoms with Gasteiger partial charge in [-0.2, -0.15) is 0 Å². The Morgan fingerprint density at radius 1 is 1.39 bits per heavy atom. The third-order valence-corrected chi connectivity index (χ3v) is 5.55. The number of aromatic nitrogens is 2. The molecular weight excluding hydrogens is 363 g/mol. The van der Waals surface area contributed by atoms with Gasteiger partial charge < -0.3 is 26.9 Å². The first-order chi connectivity index (χ1) is 13.5. The number of carboxylic acid groups (broad SMARTS) is 1. The first kappa shape index (κ1) is 19.7. The van der Waals surface area contributed by atoms with Crippen LogP contribution in [0.4, 0.5) is 4.39 Å². The molecule has 2 aromatic heterocycles. The zero-order valence-electron chi connectivity index (χ0n) is 15.4. The standard InChI is InChI=1S/C18H23FN6.CH2O2/c19-12-6-13-14(9-23-18(13)22-8-12)17(21)25-16(7-20)24-15-5-10-1-3-11(15)4-2-10;2-1-3/h6-11,15,24H,1-5,20H2,(H2,21,25)(H,22,23);1H,(H,2,3)/b16-7-;. The fraction of sp³-hybridized carbons (Fsp3) is 0.421. The molecule has 1 atom stereocenters. The van der Waals surface area contributed by atoms with Crippen molar-refractivity contribution in [1.82, 2.24) is 15.3 Å². The van der Waals surface area contributed by atoms with E-state index in [0.29, 0.717) is 34.4 Å². The molecule has 8 nitrogen and oxygen atoms in total. The van der Waals surface area contributed by atoms with E-state index in [-0.39, 0.29) is 12.3 Å². The highest BCUT2D eigenvalue weighted by Crippen LogP contribution is 2.41. The summed E-state index contributed by atoms with van der Waals surface area (Å²) < 4.78 is 13.5. The van der Waals surface area contributed by atoms with E-state index in [1.807, 2.05) is 0 Å². The van der Waals surface area contributed by atoms with Gasteiger partial charge in [-0.3, -0.25) is 4.79 Å². The van der Waals surface area contributed by atoms with Gasteiger partial charge in [-0.1, -0.05) is 12.8 Å². The van der Waals surface area contributed by atoms with E-state index >= 15 is 0 Å². The molecule has 3 aliphatic carbocycles. The molecule has 0 aliphatic heterocycles. The van der Waals surface area contributed by atoms with Gasteiger partial charge in [0.2, 0.25) is 0 Å². The molecule has 2 aromatic rings. The lowest BCUT2D eigenvalue weighted by molar-refractivity contribution is -0.122. The van der Waals surface area contributed by atoms with Crippen molar-refractivity contribution in [1.29, 1.82) is 0 Å². The monoisotopic (exact) mass is 388 g/mol. The third-order valence-electron chi connectivity index (χ3n) is 5.55. The molecule has 3 saturated carbocycles. The first-order valence-electron chi connectivity index (χ1n) is 9.29. The second-order valence-electron chi connectivity index (χ2n) is 7.17. The van der Waals surface area contributed by atoms with E-state index < -0.39 is 5.82 Å². The molecule has 0 radical (unpaired) electrons. The van der Waals surface area contributed by atoms with Crippen LogP contribution in [0.1, 0.15) is 37.7 Å². The molecule has 2 bridgehead atoms. The summed E-state index contributed by atoms with van der Waals surface area (Å²) in [5.74, 6) is 1.93. The molecule has 0 spiro atoms. The van der Waals surface area contributed by atoms with Gasteiger partial charge in [-0.15, -0.1) is 0 Å². The number of fused-ring (bicyclic) bond motifs is 4. The Kier molecular flexibility index (Phi) is 6.13. The Balaban J connectivity index is 0.000000706. The number of rotatable bonds is 4. The summed E-state index contributed by atoms with van der Waals surface area (Å²) in [7, 11) is 0. The van der Waals surface area contributed by atoms with E-state index in [0.717, 1.165) is 5.92 Å². The summed E-state index contributed by atoms with van der Waals surface area (Å²) in [4.78, 5) is 19.8. The second-order valence-corrected chi connectivity index (χ2v) is 7.17. The van der Waals surface area contributed by atoms with Crippen molar-refractivity contribution in [3.8, 4) is 0 Å². The molecule has 5 rings (SSSR count). The van der Waals surface area contributed by atoms with Crippen LogP contribution in [0.3, 0.4) is 0 Å². The molecule has 7 N–H and O–H groups in total. The molecule has 9 heteroatoms. The number of halogens is 1. The molecule has 3 aliphatic rings. The lowest BCUT2D eigenvalue weighted by Gasteiger charge is -2.43. The van der Waals surface area contributed by atoms with Crippen molar-refractivity contribution in [2.45, 2.75) is 38.1 Å². The number of hydrogen-bond donors (Lipinski definition) is 5. The molecule has 3 fully saturated rings. The van der Waals surface area contributed by atoms with Gasteiger partial charge in [0.1, 0.15) is 23.1 Å². The van der Waals surface area contributed by atoms with E-state index in [2.05, 4.69) is 20.3 Å². The average molecular weight is 388 g/mol. The summed E-state index contributed by atoms with van der Waals surface area (Å²) in [5.41, 5.74) is 13.1. The normalized spacial score (nSPS) is 24.5. The fourth-order valence-corrected chi connectivity index (χ4v) is 4.24. The van der Waals surface area contributed by atoms with E-state index in [9.17, 15) is 4.39 Å². The van der Waals surface area contributed by atoms with Gasteiger partial charge in [0.05, 0.1) is 6.20 Å². The molecular formula is C19H25FN6O2. The SMILES string of the molecule is N/C=C(\N=C(/N)c1c[nH]c2ncc(F)cc12)NC1CC2CCC1CC2.O=CO. The number of H-pyrrole nitrogens is 1. The summed E-state index contributed by atoms with van der Waals surface area (Å²) in [5, 5.41) is 11.0. The lowest BCUT2D eigenvalue weighted by Crippen LogP contribution is -2.44. The van der Waals surface area contributed by atoms with Gasteiger partial charge in [0.15, 0.2) is 0 Å². The van der Waals surface area contributed by atoms with Crippen molar-refractivity contribution in [2.24, 2.45) is 28.3 Å². The fourth-order valence-electron chi connectivity index (χ4n) is 4.24. The Morgan fingerprint density at radius 2 is 2.11 bits per heavy atom. The number of carbonyl (C=O) groups is 1. The minimum atomic E-state index is -0.410. The number of aliphatic imine (C=N–C) groups is 1. The van der Waals surface area contributed by atoms with E-state index in [4.69, 9.17) is 21.4 Å². The van der Waals surface area contributed by atoms with Crippen molar-refractivity contribution in [3.05, 3.63) is 41.9 Å². The topological polar surface area (TPSA) is 142 Å². The second kappa shape index (κ2) is 8.73. The van der Waals surface area contributed by atoms with Crippen LogP contribution in [0.15, 0.2) is 35.5 Å². The number of nitrogens with zero attached hydrogens (tertiary/aromatic N) is 2. The van der Waals surface area contributed by atoms with E-state index in [1.54, 1.807) is 6.20 Å². The Morgan fingerprint density at radius 3 is 2.71 bits per heavy atom. The number of pyridine rings is 1. The Hall–Kier alpha value is -3.10. The highest BCUT2D eigenvalue weighted by atomic mass is 19.1. The van der Waals surface area contributed by atoms with Crippen LogP contribution >= 0.6 is 0 Å². The summed E-state index contributed by atoms with van der Waals surface area (Å²) in [6.07, 6.45) is 10.7. The van der Waals surface area contributed by atoms with Crippen LogP contribution in [-0.2, 0) is 4.79 Å². The summed E-state index contributed by atoms with van der Waals surface area (Å²) >= 11 is 0. The predicted molar refractivity (Wildman–Crippen MR) is 105 cm³/mol. The highest BCUT2D eigenvalue weighted by Gasteiger charge is 2.35. The van der Waals surface area contributed by atoms with Crippen molar-refractivity contribution in [2.75, 3.05) is 0 Å². The molecule has 0 saturated heterocycles. The number of aromatic amines is 1. The molecule has 28 heavy (non-hydrogen) atoms. The Bertz CT molecular complexity index is 886. The van der Waals surface area contributed by atoms with Crippen LogP contribution in [0, 0.1) is 17.7 Å². The molecule has 0 amide bonds. The molecule has 2 heterocycles. The third kappa shape index (κ3) is 4.24. The van der Waals surface area contributed by atoms with Crippen LogP contribution in [0.2, 0.25) is 0 Å². The minimum Gasteiger partial charge on any atom is -0.483 e. The predicted octanol–water partition coefficient (Wildman–Crippen LogP) is 2.03. The summed E-state index contributed by atoms with van der Waals surface area (Å²) in [6, 6.07) is 1.80. The van der Waals surface area contributed by atoms with Gasteiger partial charge >= 0.3 is 0 Å².